The van der Waals surface area contributed by atoms with Gasteiger partial charge in [0.15, 0.2) is 11.5 Å². The van der Waals surface area contributed by atoms with Crippen molar-refractivity contribution in [3.8, 4) is 11.5 Å². The molecule has 1 aromatic carbocycles. The van der Waals surface area contributed by atoms with E-state index in [4.69, 9.17) is 13.9 Å². The maximum Gasteiger partial charge on any atom is 0.295 e. The first-order chi connectivity index (χ1) is 14.0. The Balaban J connectivity index is 1.74. The van der Waals surface area contributed by atoms with E-state index < -0.39 is 17.7 Å². The molecule has 0 saturated carbocycles. The molecule has 1 fully saturated rings. The Kier molecular flexibility index (Phi) is 5.02. The van der Waals surface area contributed by atoms with Gasteiger partial charge in [0.1, 0.15) is 17.6 Å². The molecule has 1 N–H and O–H groups in total. The van der Waals surface area contributed by atoms with Gasteiger partial charge < -0.3 is 28.8 Å². The van der Waals surface area contributed by atoms with Crippen LogP contribution in [0.15, 0.2) is 46.6 Å². The van der Waals surface area contributed by atoms with Gasteiger partial charge >= 0.3 is 0 Å². The number of furan rings is 1. The van der Waals surface area contributed by atoms with E-state index >= 15 is 0 Å². The second kappa shape index (κ2) is 7.63. The summed E-state index contributed by atoms with van der Waals surface area (Å²) in [5.74, 6) is -0.176. The van der Waals surface area contributed by atoms with Crippen molar-refractivity contribution >= 4 is 17.4 Å². The Morgan fingerprint density at radius 2 is 2.00 bits per heavy atom. The van der Waals surface area contributed by atoms with Crippen LogP contribution < -0.4 is 9.47 Å². The molecule has 152 valence electrons. The number of carbonyl (C=O) groups is 2. The van der Waals surface area contributed by atoms with Gasteiger partial charge in [0.25, 0.3) is 11.7 Å². The molecule has 0 unspecified atom stereocenters. The predicted molar refractivity (Wildman–Crippen MR) is 103 cm³/mol. The normalized spacial score (nSPS) is 20.1. The quantitative estimate of drug-likeness (QED) is 0.454. The van der Waals surface area contributed by atoms with Gasteiger partial charge in [-0.2, -0.15) is 0 Å². The van der Waals surface area contributed by atoms with E-state index in [1.54, 1.807) is 30.3 Å². The molecule has 1 aromatic heterocycles. The first-order valence-corrected chi connectivity index (χ1v) is 9.34. The van der Waals surface area contributed by atoms with Crippen molar-refractivity contribution in [1.29, 1.82) is 0 Å². The molecular weight excluding hydrogens is 376 g/mol. The van der Waals surface area contributed by atoms with Crippen LogP contribution in [0.1, 0.15) is 23.8 Å². The van der Waals surface area contributed by atoms with Crippen LogP contribution in [0, 0.1) is 0 Å². The van der Waals surface area contributed by atoms with Crippen molar-refractivity contribution in [3.63, 3.8) is 0 Å². The van der Waals surface area contributed by atoms with E-state index in [2.05, 4.69) is 0 Å². The molecule has 0 spiro atoms. The molecule has 0 aliphatic carbocycles. The lowest BCUT2D eigenvalue weighted by atomic mass is 9.99. The average molecular weight is 398 g/mol. The summed E-state index contributed by atoms with van der Waals surface area (Å²) >= 11 is 0. The van der Waals surface area contributed by atoms with Crippen LogP contribution >= 0.6 is 0 Å². The molecule has 2 aromatic rings. The zero-order valence-electron chi connectivity index (χ0n) is 16.3. The first-order valence-electron chi connectivity index (χ1n) is 9.34. The minimum absolute atomic E-state index is 0.00803. The second-order valence-corrected chi connectivity index (χ2v) is 7.23. The second-order valence-electron chi connectivity index (χ2n) is 7.23. The van der Waals surface area contributed by atoms with Crippen molar-refractivity contribution in [2.24, 2.45) is 0 Å². The van der Waals surface area contributed by atoms with E-state index in [9.17, 15) is 14.7 Å². The predicted octanol–water partition coefficient (Wildman–Crippen LogP) is 2.38. The minimum Gasteiger partial charge on any atom is -0.507 e. The molecule has 1 saturated heterocycles. The number of nitrogens with zero attached hydrogens (tertiary/aromatic N) is 2. The summed E-state index contributed by atoms with van der Waals surface area (Å²) in [7, 11) is 3.88. The van der Waals surface area contributed by atoms with E-state index in [0.717, 1.165) is 6.54 Å². The van der Waals surface area contributed by atoms with Gasteiger partial charge in [-0.1, -0.05) is 0 Å². The maximum absolute atomic E-state index is 12.8. The Morgan fingerprint density at radius 1 is 1.21 bits per heavy atom. The molecule has 4 rings (SSSR count). The van der Waals surface area contributed by atoms with Crippen LogP contribution in [0.4, 0.5) is 0 Å². The van der Waals surface area contributed by atoms with Gasteiger partial charge in [0, 0.05) is 12.1 Å². The third-order valence-corrected chi connectivity index (χ3v) is 5.00. The van der Waals surface area contributed by atoms with Crippen LogP contribution in [0.3, 0.4) is 0 Å². The van der Waals surface area contributed by atoms with E-state index in [1.165, 1.54) is 11.2 Å². The van der Waals surface area contributed by atoms with Crippen molar-refractivity contribution in [2.45, 2.75) is 12.5 Å². The van der Waals surface area contributed by atoms with Crippen LogP contribution in [0.5, 0.6) is 11.5 Å². The summed E-state index contributed by atoms with van der Waals surface area (Å²) < 4.78 is 16.2. The van der Waals surface area contributed by atoms with Gasteiger partial charge in [0.2, 0.25) is 6.79 Å². The highest BCUT2D eigenvalue weighted by molar-refractivity contribution is 6.46. The number of fused-ring (bicyclic) bond motifs is 1. The monoisotopic (exact) mass is 398 g/mol. The Bertz CT molecular complexity index is 964. The highest BCUT2D eigenvalue weighted by Gasteiger charge is 2.47. The number of ketones is 1. The zero-order valence-corrected chi connectivity index (χ0v) is 16.3. The number of aliphatic hydroxyl groups is 1. The first kappa shape index (κ1) is 19.1. The van der Waals surface area contributed by atoms with Gasteiger partial charge in [-0.3, -0.25) is 9.59 Å². The molecule has 1 atom stereocenters. The summed E-state index contributed by atoms with van der Waals surface area (Å²) in [5, 5.41) is 11.0. The van der Waals surface area contributed by atoms with Gasteiger partial charge in [-0.05, 0) is 57.4 Å². The standard InChI is InChI=1S/C21H22N2O6/c1-22(2)8-4-9-23-18(15-5-3-10-27-15)17(20(25)21(23)26)19(24)13-6-7-14-16(11-13)29-12-28-14/h3,5-7,10-11,18,24H,4,8-9,12H2,1-2H3/t18-/m0/s1. The van der Waals surface area contributed by atoms with Crippen molar-refractivity contribution in [2.75, 3.05) is 34.0 Å². The lowest BCUT2D eigenvalue weighted by Gasteiger charge is -2.24. The van der Waals surface area contributed by atoms with Crippen LogP contribution in [-0.2, 0) is 9.59 Å². The lowest BCUT2D eigenvalue weighted by Crippen LogP contribution is -2.32. The van der Waals surface area contributed by atoms with E-state index in [0.29, 0.717) is 35.8 Å². The number of ether oxygens (including phenoxy) is 2. The number of likely N-dealkylation sites (tertiary alicyclic amines) is 1. The maximum atomic E-state index is 12.8. The highest BCUT2D eigenvalue weighted by atomic mass is 16.7. The number of aliphatic hydroxyl groups excluding tert-OH is 1. The smallest absolute Gasteiger partial charge is 0.295 e. The topological polar surface area (TPSA) is 92.5 Å². The molecule has 0 bridgehead atoms. The largest absolute Gasteiger partial charge is 0.507 e. The zero-order chi connectivity index (χ0) is 20.5. The SMILES string of the molecule is CN(C)CCCN1C(=O)C(=O)C(=C(O)c2ccc3c(c2)OCO3)[C@@H]1c1ccco1. The number of hydrogen-bond acceptors (Lipinski definition) is 7. The Morgan fingerprint density at radius 3 is 2.72 bits per heavy atom. The molecule has 0 radical (unpaired) electrons. The summed E-state index contributed by atoms with van der Waals surface area (Å²) in [6.45, 7) is 1.23. The summed E-state index contributed by atoms with van der Waals surface area (Å²) in [5.41, 5.74) is 0.380. The number of amides is 1. The molecule has 1 amide bonds. The number of benzene rings is 1. The Hall–Kier alpha value is -3.26. The lowest BCUT2D eigenvalue weighted by molar-refractivity contribution is -0.140. The molecule has 8 heteroatoms. The van der Waals surface area contributed by atoms with Crippen LogP contribution in [0.25, 0.3) is 5.76 Å². The van der Waals surface area contributed by atoms with Crippen LogP contribution in [-0.4, -0.2) is 60.6 Å². The summed E-state index contributed by atoms with van der Waals surface area (Å²) in [6, 6.07) is 7.49. The molecule has 29 heavy (non-hydrogen) atoms. The number of rotatable bonds is 6. The summed E-state index contributed by atoms with van der Waals surface area (Å²) in [6.07, 6.45) is 2.16. The van der Waals surface area contributed by atoms with E-state index in [1.807, 2.05) is 19.0 Å². The molecule has 2 aliphatic rings. The molecule has 3 heterocycles. The van der Waals surface area contributed by atoms with Crippen molar-refractivity contribution < 1.29 is 28.6 Å². The summed E-state index contributed by atoms with van der Waals surface area (Å²) in [4.78, 5) is 29.1. The van der Waals surface area contributed by atoms with Gasteiger partial charge in [-0.15, -0.1) is 0 Å². The molecule has 8 nitrogen and oxygen atoms in total. The fraction of sp³-hybridized carbons (Fsp3) is 0.333. The number of Topliss-reactive ketones (excluding diaryl/α,β-unsaturated/α-hetero) is 1. The average Bonchev–Trinajstić information content (AvgIpc) is 3.43. The highest BCUT2D eigenvalue weighted by Crippen LogP contribution is 2.41. The number of hydrogen-bond donors (Lipinski definition) is 1. The fourth-order valence-electron chi connectivity index (χ4n) is 3.61. The van der Waals surface area contributed by atoms with Crippen LogP contribution in [0.2, 0.25) is 0 Å². The molecule has 2 aliphatic heterocycles. The van der Waals surface area contributed by atoms with Crippen molar-refractivity contribution in [1.82, 2.24) is 9.80 Å². The third-order valence-electron chi connectivity index (χ3n) is 5.00. The minimum atomic E-state index is -0.780. The van der Waals surface area contributed by atoms with Gasteiger partial charge in [0.05, 0.1) is 11.8 Å². The van der Waals surface area contributed by atoms with Crippen molar-refractivity contribution in [3.05, 3.63) is 53.5 Å². The number of carbonyl (C=O) groups excluding carboxylic acids is 2. The fourth-order valence-corrected chi connectivity index (χ4v) is 3.61. The third kappa shape index (κ3) is 3.47. The molecular formula is C21H22N2O6. The van der Waals surface area contributed by atoms with Gasteiger partial charge in [-0.25, -0.2) is 0 Å². The Labute approximate surface area is 167 Å². The van der Waals surface area contributed by atoms with E-state index in [-0.39, 0.29) is 18.1 Å².